The minimum atomic E-state index is -0.360. The maximum Gasteiger partial charge on any atom is 0.339 e. The number of anilines is 2. The van der Waals surface area contributed by atoms with Gasteiger partial charge in [-0.2, -0.15) is 0 Å². The standard InChI is InChI=1S/C22H27BrN4O3/c1-4-30-22(29)17-6-8-20(24-14-17)27-11-9-26(10-12-27)16(3)21(28)25-19-7-5-15(2)13-18(19)23/h5-8,13-14,16H,4,9-12H2,1-3H3,(H,25,28). The zero-order valence-electron chi connectivity index (χ0n) is 17.5. The number of nitrogens with one attached hydrogen (secondary N) is 1. The van der Waals surface area contributed by atoms with Gasteiger partial charge < -0.3 is 15.0 Å². The number of hydrogen-bond acceptors (Lipinski definition) is 6. The monoisotopic (exact) mass is 474 g/mol. The number of rotatable bonds is 6. The molecule has 1 unspecified atom stereocenters. The van der Waals surface area contributed by atoms with E-state index in [9.17, 15) is 9.59 Å². The maximum absolute atomic E-state index is 12.7. The van der Waals surface area contributed by atoms with E-state index in [1.807, 2.05) is 38.1 Å². The highest BCUT2D eigenvalue weighted by Gasteiger charge is 2.26. The summed E-state index contributed by atoms with van der Waals surface area (Å²) in [5.74, 6) is 0.440. The Morgan fingerprint density at radius 3 is 2.53 bits per heavy atom. The van der Waals surface area contributed by atoms with Gasteiger partial charge in [-0.1, -0.05) is 6.07 Å². The number of ether oxygens (including phenoxy) is 1. The van der Waals surface area contributed by atoms with Crippen molar-refractivity contribution in [3.63, 3.8) is 0 Å². The first kappa shape index (κ1) is 22.2. The van der Waals surface area contributed by atoms with E-state index in [0.29, 0.717) is 12.2 Å². The van der Waals surface area contributed by atoms with Crippen LogP contribution in [0.4, 0.5) is 11.5 Å². The quantitative estimate of drug-likeness (QED) is 0.645. The molecule has 1 saturated heterocycles. The van der Waals surface area contributed by atoms with Crippen molar-refractivity contribution in [1.82, 2.24) is 9.88 Å². The molecule has 160 valence electrons. The van der Waals surface area contributed by atoms with Crippen LogP contribution in [0, 0.1) is 6.92 Å². The Morgan fingerprint density at radius 2 is 1.93 bits per heavy atom. The Kier molecular flexibility index (Phi) is 7.44. The van der Waals surface area contributed by atoms with Crippen LogP contribution in [-0.4, -0.2) is 60.6 Å². The van der Waals surface area contributed by atoms with Gasteiger partial charge in [-0.3, -0.25) is 9.69 Å². The van der Waals surface area contributed by atoms with Gasteiger partial charge in [0.15, 0.2) is 0 Å². The van der Waals surface area contributed by atoms with Crippen molar-refractivity contribution in [2.45, 2.75) is 26.8 Å². The summed E-state index contributed by atoms with van der Waals surface area (Å²) in [5, 5.41) is 3.01. The summed E-state index contributed by atoms with van der Waals surface area (Å²) in [6.07, 6.45) is 1.55. The van der Waals surface area contributed by atoms with Crippen molar-refractivity contribution in [3.8, 4) is 0 Å². The van der Waals surface area contributed by atoms with E-state index < -0.39 is 0 Å². The third-order valence-electron chi connectivity index (χ3n) is 5.21. The molecule has 1 aromatic heterocycles. The number of hydrogen-bond donors (Lipinski definition) is 1. The maximum atomic E-state index is 12.7. The van der Waals surface area contributed by atoms with E-state index in [1.165, 1.54) is 0 Å². The molecular weight excluding hydrogens is 448 g/mol. The van der Waals surface area contributed by atoms with Crippen molar-refractivity contribution in [2.24, 2.45) is 0 Å². The summed E-state index contributed by atoms with van der Waals surface area (Å²) in [6, 6.07) is 9.21. The molecule has 1 aromatic carbocycles. The van der Waals surface area contributed by atoms with E-state index in [1.54, 1.807) is 19.2 Å². The number of amides is 1. The Balaban J connectivity index is 1.54. The third kappa shape index (κ3) is 5.37. The van der Waals surface area contributed by atoms with Gasteiger partial charge in [0.1, 0.15) is 5.82 Å². The fourth-order valence-corrected chi connectivity index (χ4v) is 3.96. The fourth-order valence-electron chi connectivity index (χ4n) is 3.37. The minimum absolute atomic E-state index is 0.0232. The van der Waals surface area contributed by atoms with Gasteiger partial charge in [0.25, 0.3) is 0 Å². The molecule has 1 fully saturated rings. The normalized spacial score (nSPS) is 15.5. The molecule has 1 aliphatic heterocycles. The van der Waals surface area contributed by atoms with Crippen LogP contribution in [0.1, 0.15) is 29.8 Å². The largest absolute Gasteiger partial charge is 0.462 e. The second kappa shape index (κ2) is 10.0. The number of aromatic nitrogens is 1. The fraction of sp³-hybridized carbons (Fsp3) is 0.409. The summed E-state index contributed by atoms with van der Waals surface area (Å²) >= 11 is 3.51. The lowest BCUT2D eigenvalue weighted by Crippen LogP contribution is -2.53. The molecule has 7 nitrogen and oxygen atoms in total. The van der Waals surface area contributed by atoms with Gasteiger partial charge in [0, 0.05) is 36.8 Å². The Labute approximate surface area is 185 Å². The second-order valence-corrected chi connectivity index (χ2v) is 8.15. The topological polar surface area (TPSA) is 74.8 Å². The molecule has 1 aliphatic rings. The Morgan fingerprint density at radius 1 is 1.20 bits per heavy atom. The summed E-state index contributed by atoms with van der Waals surface area (Å²) in [5.41, 5.74) is 2.36. The minimum Gasteiger partial charge on any atom is -0.462 e. The summed E-state index contributed by atoms with van der Waals surface area (Å²) in [7, 11) is 0. The number of carbonyl (C=O) groups excluding carboxylic acids is 2. The lowest BCUT2D eigenvalue weighted by atomic mass is 10.2. The molecule has 0 radical (unpaired) electrons. The molecule has 2 aromatic rings. The van der Waals surface area contributed by atoms with Gasteiger partial charge in [-0.15, -0.1) is 0 Å². The van der Waals surface area contributed by atoms with Crippen LogP contribution in [0.3, 0.4) is 0 Å². The molecule has 2 heterocycles. The molecule has 30 heavy (non-hydrogen) atoms. The van der Waals surface area contributed by atoms with Crippen LogP contribution in [0.2, 0.25) is 0 Å². The highest BCUT2D eigenvalue weighted by molar-refractivity contribution is 9.10. The molecule has 0 spiro atoms. The number of pyridine rings is 1. The smallest absolute Gasteiger partial charge is 0.339 e. The first-order chi connectivity index (χ1) is 14.4. The highest BCUT2D eigenvalue weighted by atomic mass is 79.9. The molecular formula is C22H27BrN4O3. The van der Waals surface area contributed by atoms with E-state index in [-0.39, 0.29) is 17.9 Å². The number of nitrogens with zero attached hydrogens (tertiary/aromatic N) is 3. The number of esters is 1. The highest BCUT2D eigenvalue weighted by Crippen LogP contribution is 2.24. The van der Waals surface area contributed by atoms with Crippen molar-refractivity contribution < 1.29 is 14.3 Å². The Hall–Kier alpha value is -2.45. The zero-order valence-corrected chi connectivity index (χ0v) is 19.1. The molecule has 3 rings (SSSR count). The Bertz CT molecular complexity index is 896. The van der Waals surface area contributed by atoms with Crippen LogP contribution in [0.25, 0.3) is 0 Å². The number of piperazine rings is 1. The van der Waals surface area contributed by atoms with Gasteiger partial charge in [-0.25, -0.2) is 9.78 Å². The van der Waals surface area contributed by atoms with Crippen LogP contribution >= 0.6 is 15.9 Å². The number of benzene rings is 1. The SMILES string of the molecule is CCOC(=O)c1ccc(N2CCN(C(C)C(=O)Nc3ccc(C)cc3Br)CC2)nc1. The van der Waals surface area contributed by atoms with Gasteiger partial charge in [-0.05, 0) is 66.5 Å². The molecule has 0 bridgehead atoms. The van der Waals surface area contributed by atoms with Crippen molar-refractivity contribution in [3.05, 3.63) is 52.1 Å². The first-order valence-corrected chi connectivity index (χ1v) is 10.9. The van der Waals surface area contributed by atoms with Crippen LogP contribution in [-0.2, 0) is 9.53 Å². The molecule has 1 atom stereocenters. The number of carbonyl (C=O) groups is 2. The van der Waals surface area contributed by atoms with Crippen molar-refractivity contribution >= 4 is 39.3 Å². The molecule has 8 heteroatoms. The molecule has 1 amide bonds. The predicted molar refractivity (Wildman–Crippen MR) is 121 cm³/mol. The second-order valence-electron chi connectivity index (χ2n) is 7.30. The number of aryl methyl sites for hydroxylation is 1. The summed E-state index contributed by atoms with van der Waals surface area (Å²) in [6.45, 7) is 9.09. The van der Waals surface area contributed by atoms with Crippen LogP contribution in [0.5, 0.6) is 0 Å². The zero-order chi connectivity index (χ0) is 21.7. The molecule has 1 N–H and O–H groups in total. The molecule has 0 aliphatic carbocycles. The van der Waals surface area contributed by atoms with Gasteiger partial charge in [0.05, 0.1) is 23.9 Å². The average Bonchev–Trinajstić information content (AvgIpc) is 2.75. The van der Waals surface area contributed by atoms with E-state index >= 15 is 0 Å². The van der Waals surface area contributed by atoms with Crippen LogP contribution in [0.15, 0.2) is 41.0 Å². The van der Waals surface area contributed by atoms with Crippen molar-refractivity contribution in [1.29, 1.82) is 0 Å². The van der Waals surface area contributed by atoms with Gasteiger partial charge >= 0.3 is 5.97 Å². The van der Waals surface area contributed by atoms with Crippen molar-refractivity contribution in [2.75, 3.05) is 43.0 Å². The molecule has 0 saturated carbocycles. The summed E-state index contributed by atoms with van der Waals surface area (Å²) in [4.78, 5) is 33.2. The van der Waals surface area contributed by atoms with Gasteiger partial charge in [0.2, 0.25) is 5.91 Å². The lowest BCUT2D eigenvalue weighted by Gasteiger charge is -2.38. The van der Waals surface area contributed by atoms with E-state index in [4.69, 9.17) is 4.74 Å². The van der Waals surface area contributed by atoms with E-state index in [0.717, 1.165) is 47.7 Å². The van der Waals surface area contributed by atoms with E-state index in [2.05, 4.69) is 36.0 Å². The predicted octanol–water partition coefficient (Wildman–Crippen LogP) is 3.48. The number of halogens is 1. The third-order valence-corrected chi connectivity index (χ3v) is 5.86. The average molecular weight is 475 g/mol. The summed E-state index contributed by atoms with van der Waals surface area (Å²) < 4.78 is 5.87. The lowest BCUT2D eigenvalue weighted by molar-refractivity contribution is -0.120. The van der Waals surface area contributed by atoms with Crippen LogP contribution < -0.4 is 10.2 Å². The first-order valence-electron chi connectivity index (χ1n) is 10.1.